The van der Waals surface area contributed by atoms with Crippen LogP contribution in [0.1, 0.15) is 78.1 Å². The maximum Gasteiger partial charge on any atom is 0.346 e. The molecule has 6 rings (SSSR count). The summed E-state index contributed by atoms with van der Waals surface area (Å²) in [6.07, 6.45) is 0. The summed E-state index contributed by atoms with van der Waals surface area (Å²) in [4.78, 5) is 85.0. The molecular weight excluding hydrogens is 544 g/mol. The van der Waals surface area contributed by atoms with E-state index in [4.69, 9.17) is 0 Å². The van der Waals surface area contributed by atoms with Crippen LogP contribution in [0.4, 0.5) is 11.4 Å². The number of hydrogen-bond donors (Lipinski definition) is 2. The molecule has 2 aliphatic heterocycles. The number of fused-ring (bicyclic) bond motifs is 2. The van der Waals surface area contributed by atoms with E-state index in [1.165, 1.54) is 84.9 Å². The molecule has 204 valence electrons. The Balaban J connectivity index is 1.10. The summed E-state index contributed by atoms with van der Waals surface area (Å²) in [6, 6.07) is 20.3. The van der Waals surface area contributed by atoms with Crippen molar-refractivity contribution in [1.82, 2.24) is 0 Å². The number of cyclic esters (lactones) is 4. The lowest BCUT2D eigenvalue weighted by atomic mass is 10.0. The molecule has 0 fully saturated rings. The van der Waals surface area contributed by atoms with Gasteiger partial charge in [0, 0.05) is 33.6 Å². The van der Waals surface area contributed by atoms with Crippen LogP contribution in [0, 0.1) is 0 Å². The lowest BCUT2D eigenvalue weighted by Gasteiger charge is -2.08. The highest BCUT2D eigenvalue weighted by molar-refractivity contribution is 6.17. The zero-order valence-corrected chi connectivity index (χ0v) is 21.3. The molecule has 0 aromatic heterocycles. The van der Waals surface area contributed by atoms with Gasteiger partial charge in [-0.25, -0.2) is 19.2 Å². The van der Waals surface area contributed by atoms with Crippen molar-refractivity contribution in [3.63, 3.8) is 0 Å². The third-order valence-electron chi connectivity index (χ3n) is 6.62. The van der Waals surface area contributed by atoms with E-state index in [1.54, 1.807) is 0 Å². The van der Waals surface area contributed by atoms with Gasteiger partial charge in [-0.15, -0.1) is 0 Å². The summed E-state index contributed by atoms with van der Waals surface area (Å²) < 4.78 is 9.09. The van der Waals surface area contributed by atoms with E-state index in [0.717, 1.165) is 0 Å². The van der Waals surface area contributed by atoms with Gasteiger partial charge in [0.05, 0.1) is 22.3 Å². The fourth-order valence-corrected chi connectivity index (χ4v) is 4.45. The van der Waals surface area contributed by atoms with E-state index in [1.807, 2.05) is 0 Å². The third kappa shape index (κ3) is 4.71. The second kappa shape index (κ2) is 10.1. The molecule has 2 N–H and O–H groups in total. The molecule has 0 saturated heterocycles. The van der Waals surface area contributed by atoms with E-state index >= 15 is 0 Å². The van der Waals surface area contributed by atoms with Crippen LogP contribution in [0.5, 0.6) is 0 Å². The van der Waals surface area contributed by atoms with Crippen LogP contribution in [0.25, 0.3) is 0 Å². The Hall–Kier alpha value is -6.23. The standard InChI is InChI=1S/C31H16N2O9/c34-25(15-1-5-17(6-2-15)26(35)32-19-9-11-21-23(13-19)30(39)41-28(21)37)16-3-7-18(8-4-16)27(36)33-20-10-12-22-24(14-20)31(40)42-29(22)38/h1-14H,(H,32,35)(H,33,36). The van der Waals surface area contributed by atoms with Crippen molar-refractivity contribution in [2.45, 2.75) is 0 Å². The predicted molar refractivity (Wildman–Crippen MR) is 145 cm³/mol. The molecule has 0 spiro atoms. The number of anilines is 2. The summed E-state index contributed by atoms with van der Waals surface area (Å²) in [5.41, 5.74) is 2.09. The topological polar surface area (TPSA) is 162 Å². The van der Waals surface area contributed by atoms with Gasteiger partial charge >= 0.3 is 23.9 Å². The van der Waals surface area contributed by atoms with Gasteiger partial charge in [-0.3, -0.25) is 14.4 Å². The summed E-state index contributed by atoms with van der Waals surface area (Å²) in [5.74, 6) is -4.37. The lowest BCUT2D eigenvalue weighted by Crippen LogP contribution is -2.13. The Bertz CT molecular complexity index is 1750. The zero-order chi connectivity index (χ0) is 29.5. The molecule has 0 bridgehead atoms. The minimum Gasteiger partial charge on any atom is -0.386 e. The molecule has 0 saturated carbocycles. The van der Waals surface area contributed by atoms with Crippen molar-refractivity contribution in [1.29, 1.82) is 0 Å². The van der Waals surface area contributed by atoms with Crippen molar-refractivity contribution >= 4 is 52.8 Å². The highest BCUT2D eigenvalue weighted by Crippen LogP contribution is 2.25. The molecule has 42 heavy (non-hydrogen) atoms. The van der Waals surface area contributed by atoms with Crippen LogP contribution >= 0.6 is 0 Å². The van der Waals surface area contributed by atoms with Crippen molar-refractivity contribution < 1.29 is 43.0 Å². The Morgan fingerprint density at radius 1 is 0.429 bits per heavy atom. The van der Waals surface area contributed by atoms with Crippen LogP contribution in [0.2, 0.25) is 0 Å². The van der Waals surface area contributed by atoms with Crippen molar-refractivity contribution in [2.24, 2.45) is 0 Å². The predicted octanol–water partition coefficient (Wildman–Crippen LogP) is 4.04. The Labute approximate surface area is 236 Å². The third-order valence-corrected chi connectivity index (χ3v) is 6.62. The van der Waals surface area contributed by atoms with Crippen LogP contribution in [-0.4, -0.2) is 41.5 Å². The first kappa shape index (κ1) is 26.0. The molecule has 2 aliphatic rings. The summed E-state index contributed by atoms with van der Waals surface area (Å²) >= 11 is 0. The molecule has 4 aromatic carbocycles. The van der Waals surface area contributed by atoms with Crippen LogP contribution in [-0.2, 0) is 9.47 Å². The van der Waals surface area contributed by atoms with Gasteiger partial charge in [-0.1, -0.05) is 24.3 Å². The fourth-order valence-electron chi connectivity index (χ4n) is 4.45. The van der Waals surface area contributed by atoms with Gasteiger partial charge in [-0.2, -0.15) is 0 Å². The second-order valence-electron chi connectivity index (χ2n) is 9.27. The summed E-state index contributed by atoms with van der Waals surface area (Å²) in [7, 11) is 0. The number of ether oxygens (including phenoxy) is 2. The minimum absolute atomic E-state index is 0.0646. The Morgan fingerprint density at radius 3 is 1.14 bits per heavy atom. The quantitative estimate of drug-likeness (QED) is 0.201. The van der Waals surface area contributed by atoms with Gasteiger partial charge in [0.2, 0.25) is 0 Å². The van der Waals surface area contributed by atoms with Gasteiger partial charge in [0.1, 0.15) is 0 Å². The average molecular weight is 560 g/mol. The average Bonchev–Trinajstić information content (AvgIpc) is 3.44. The van der Waals surface area contributed by atoms with Crippen molar-refractivity contribution in [3.8, 4) is 0 Å². The number of hydrogen-bond acceptors (Lipinski definition) is 9. The Morgan fingerprint density at radius 2 is 0.762 bits per heavy atom. The monoisotopic (exact) mass is 560 g/mol. The number of rotatable bonds is 6. The molecule has 0 aliphatic carbocycles. The molecule has 0 radical (unpaired) electrons. The van der Waals surface area contributed by atoms with Crippen molar-refractivity contribution in [3.05, 3.63) is 129 Å². The maximum atomic E-state index is 13.0. The first-order valence-corrected chi connectivity index (χ1v) is 12.4. The van der Waals surface area contributed by atoms with E-state index in [9.17, 15) is 33.6 Å². The number of amides is 2. The number of nitrogens with one attached hydrogen (secondary N) is 2. The molecule has 2 heterocycles. The summed E-state index contributed by atoms with van der Waals surface area (Å²) in [5, 5.41) is 5.27. The first-order valence-electron chi connectivity index (χ1n) is 12.4. The van der Waals surface area contributed by atoms with Gasteiger partial charge in [0.25, 0.3) is 11.8 Å². The van der Waals surface area contributed by atoms with E-state index < -0.39 is 35.7 Å². The number of esters is 4. The van der Waals surface area contributed by atoms with Crippen molar-refractivity contribution in [2.75, 3.05) is 10.6 Å². The second-order valence-corrected chi connectivity index (χ2v) is 9.27. The fraction of sp³-hybridized carbons (Fsp3) is 0. The van der Waals surface area contributed by atoms with Gasteiger partial charge in [-0.05, 0) is 60.7 Å². The molecule has 0 unspecified atom stereocenters. The normalized spacial score (nSPS) is 13.1. The van der Waals surface area contributed by atoms with Crippen LogP contribution < -0.4 is 10.6 Å². The number of carbonyl (C=O) groups is 7. The number of benzene rings is 4. The number of carbonyl (C=O) groups excluding carboxylic acids is 7. The first-order chi connectivity index (χ1) is 20.2. The molecule has 0 atom stereocenters. The molecular formula is C31H16N2O9. The highest BCUT2D eigenvalue weighted by atomic mass is 16.6. The van der Waals surface area contributed by atoms with E-state index in [2.05, 4.69) is 20.1 Å². The maximum absolute atomic E-state index is 13.0. The minimum atomic E-state index is -0.784. The smallest absolute Gasteiger partial charge is 0.346 e. The summed E-state index contributed by atoms with van der Waals surface area (Å²) in [6.45, 7) is 0. The SMILES string of the molecule is O=C(Nc1ccc2c(c1)C(=O)OC2=O)c1ccc(C(=O)c2ccc(C(=O)Nc3ccc4c(c3)C(=O)OC4=O)cc2)cc1. The van der Waals surface area contributed by atoms with E-state index in [0.29, 0.717) is 22.5 Å². The van der Waals surface area contributed by atoms with Crippen LogP contribution in [0.3, 0.4) is 0 Å². The van der Waals surface area contributed by atoms with Gasteiger partial charge in [0.15, 0.2) is 5.78 Å². The van der Waals surface area contributed by atoms with Gasteiger partial charge < -0.3 is 20.1 Å². The lowest BCUT2D eigenvalue weighted by molar-refractivity contribution is 0.0425. The number of ketones is 1. The van der Waals surface area contributed by atoms with E-state index in [-0.39, 0.29) is 39.2 Å². The van der Waals surface area contributed by atoms with Crippen LogP contribution in [0.15, 0.2) is 84.9 Å². The largest absolute Gasteiger partial charge is 0.386 e. The highest BCUT2D eigenvalue weighted by Gasteiger charge is 2.31. The molecule has 11 heteroatoms. The molecule has 4 aromatic rings. The zero-order valence-electron chi connectivity index (χ0n) is 21.3. The Kier molecular flexibility index (Phi) is 6.23. The molecule has 11 nitrogen and oxygen atoms in total. The molecule has 2 amide bonds.